The minimum absolute atomic E-state index is 0.125. The van der Waals surface area contributed by atoms with Gasteiger partial charge < -0.3 is 11.5 Å². The van der Waals surface area contributed by atoms with Crippen molar-refractivity contribution in [2.75, 3.05) is 0 Å². The van der Waals surface area contributed by atoms with Crippen LogP contribution in [0.3, 0.4) is 0 Å². The molecule has 0 spiro atoms. The first kappa shape index (κ1) is 14.7. The summed E-state index contributed by atoms with van der Waals surface area (Å²) in [4.78, 5) is 35.0. The lowest BCUT2D eigenvalue weighted by atomic mass is 10.2. The lowest BCUT2D eigenvalue weighted by Crippen LogP contribution is -2.33. The largest absolute Gasteiger partial charge is 0.365 e. The fourth-order valence-corrected chi connectivity index (χ4v) is 2.11. The van der Waals surface area contributed by atoms with Gasteiger partial charge in [-0.2, -0.15) is 0 Å². The summed E-state index contributed by atoms with van der Waals surface area (Å²) < 4.78 is 13.8. The minimum atomic E-state index is -1.01. The Balaban J connectivity index is 2.90. The van der Waals surface area contributed by atoms with Gasteiger partial charge in [-0.3, -0.25) is 19.0 Å². The van der Waals surface area contributed by atoms with E-state index >= 15 is 0 Å². The van der Waals surface area contributed by atoms with Gasteiger partial charge in [-0.15, -0.1) is 0 Å². The van der Waals surface area contributed by atoms with Crippen LogP contribution in [0.4, 0.5) is 4.39 Å². The third kappa shape index (κ3) is 2.63. The number of aromatic nitrogens is 1. The number of halogens is 2. The van der Waals surface area contributed by atoms with Crippen LogP contribution in [0.15, 0.2) is 35.1 Å². The maximum absolute atomic E-state index is 13.0. The molecule has 0 aliphatic rings. The van der Waals surface area contributed by atoms with E-state index in [9.17, 15) is 18.8 Å². The van der Waals surface area contributed by atoms with Gasteiger partial charge in [0.25, 0.3) is 17.4 Å². The molecule has 1 aromatic carbocycles. The molecule has 0 unspecified atom stereocenters. The minimum Gasteiger partial charge on any atom is -0.365 e. The van der Waals surface area contributed by atoms with Gasteiger partial charge in [0.05, 0.1) is 5.02 Å². The average Bonchev–Trinajstić information content (AvgIpc) is 2.41. The fraction of sp³-hybridized carbons (Fsp3) is 0. The normalized spacial score (nSPS) is 10.4. The molecule has 0 aliphatic heterocycles. The van der Waals surface area contributed by atoms with E-state index in [1.165, 1.54) is 12.1 Å². The van der Waals surface area contributed by atoms with Crippen LogP contribution in [0.5, 0.6) is 0 Å². The number of benzene rings is 1. The van der Waals surface area contributed by atoms with E-state index in [1.807, 2.05) is 0 Å². The third-order valence-corrected chi connectivity index (χ3v) is 3.03. The van der Waals surface area contributed by atoms with Gasteiger partial charge in [-0.25, -0.2) is 4.39 Å². The lowest BCUT2D eigenvalue weighted by molar-refractivity contribution is 0.0981. The summed E-state index contributed by atoms with van der Waals surface area (Å²) in [5.41, 5.74) is 8.83. The summed E-state index contributed by atoms with van der Waals surface area (Å²) in [6.45, 7) is 0. The predicted octanol–water partition coefficient (Wildman–Crippen LogP) is 0.828. The van der Waals surface area contributed by atoms with Crippen molar-refractivity contribution in [3.63, 3.8) is 0 Å². The van der Waals surface area contributed by atoms with E-state index in [0.29, 0.717) is 0 Å². The van der Waals surface area contributed by atoms with E-state index in [1.54, 1.807) is 0 Å². The topological polar surface area (TPSA) is 108 Å². The third-order valence-electron chi connectivity index (χ3n) is 2.74. The van der Waals surface area contributed by atoms with Crippen LogP contribution < -0.4 is 17.0 Å². The molecule has 6 nitrogen and oxygen atoms in total. The molecule has 0 bridgehead atoms. The van der Waals surface area contributed by atoms with Crippen molar-refractivity contribution in [1.82, 2.24) is 4.57 Å². The molecular weight excluding hydrogens is 301 g/mol. The van der Waals surface area contributed by atoms with Crippen molar-refractivity contribution in [3.05, 3.63) is 62.8 Å². The second-order valence-electron chi connectivity index (χ2n) is 4.10. The highest BCUT2D eigenvalue weighted by Gasteiger charge is 2.21. The average molecular weight is 310 g/mol. The Hall–Kier alpha value is -2.67. The zero-order valence-corrected chi connectivity index (χ0v) is 11.2. The van der Waals surface area contributed by atoms with Crippen molar-refractivity contribution in [2.45, 2.75) is 0 Å². The monoisotopic (exact) mass is 309 g/mol. The number of carbonyl (C=O) groups excluding carboxylic acids is 2. The van der Waals surface area contributed by atoms with Crippen molar-refractivity contribution in [3.8, 4) is 5.69 Å². The standard InChI is InChI=1S/C13H9ClFN3O3/c14-9-5-8(11(16)19)13(21)18(10(9)12(17)20)7-3-1-6(15)2-4-7/h1-5H,(H2,16,19)(H2,17,20). The Morgan fingerprint density at radius 2 is 1.67 bits per heavy atom. The summed E-state index contributed by atoms with van der Waals surface area (Å²) in [7, 11) is 0. The van der Waals surface area contributed by atoms with Gasteiger partial charge in [0.15, 0.2) is 0 Å². The van der Waals surface area contributed by atoms with E-state index in [0.717, 1.165) is 22.8 Å². The highest BCUT2D eigenvalue weighted by molar-refractivity contribution is 6.33. The molecule has 8 heteroatoms. The molecule has 0 saturated carbocycles. The molecule has 0 aliphatic carbocycles. The van der Waals surface area contributed by atoms with E-state index in [-0.39, 0.29) is 16.4 Å². The summed E-state index contributed by atoms with van der Waals surface area (Å²) >= 11 is 5.88. The summed E-state index contributed by atoms with van der Waals surface area (Å²) in [5, 5.41) is -0.208. The summed E-state index contributed by atoms with van der Waals surface area (Å²) in [6, 6.07) is 5.62. The van der Waals surface area contributed by atoms with Crippen LogP contribution in [0, 0.1) is 5.82 Å². The number of rotatable bonds is 3. The summed E-state index contributed by atoms with van der Waals surface area (Å²) in [5.74, 6) is -2.52. The first-order valence-electron chi connectivity index (χ1n) is 5.64. The quantitative estimate of drug-likeness (QED) is 0.876. The molecule has 0 atom stereocenters. The van der Waals surface area contributed by atoms with Crippen LogP contribution in [0.1, 0.15) is 20.8 Å². The number of nitrogens with zero attached hydrogens (tertiary/aromatic N) is 1. The first-order chi connectivity index (χ1) is 9.82. The van der Waals surface area contributed by atoms with Crippen LogP contribution in [-0.4, -0.2) is 16.4 Å². The molecular formula is C13H9ClFN3O3. The van der Waals surface area contributed by atoms with Gasteiger partial charge in [-0.05, 0) is 30.3 Å². The molecule has 1 aromatic heterocycles. The van der Waals surface area contributed by atoms with Crippen molar-refractivity contribution < 1.29 is 14.0 Å². The van der Waals surface area contributed by atoms with Crippen molar-refractivity contribution in [2.24, 2.45) is 11.5 Å². The Kier molecular flexibility index (Phi) is 3.77. The number of hydrogen-bond acceptors (Lipinski definition) is 3. The highest BCUT2D eigenvalue weighted by Crippen LogP contribution is 2.19. The number of amides is 2. The van der Waals surface area contributed by atoms with E-state index in [4.69, 9.17) is 23.1 Å². The van der Waals surface area contributed by atoms with E-state index in [2.05, 4.69) is 0 Å². The van der Waals surface area contributed by atoms with Crippen LogP contribution in [0.2, 0.25) is 5.02 Å². The molecule has 0 radical (unpaired) electrons. The molecule has 2 aromatic rings. The smallest absolute Gasteiger partial charge is 0.268 e. The van der Waals surface area contributed by atoms with Gasteiger partial charge in [0.1, 0.15) is 17.1 Å². The second kappa shape index (κ2) is 5.37. The van der Waals surface area contributed by atoms with E-state index < -0.39 is 28.8 Å². The zero-order chi connectivity index (χ0) is 15.7. The van der Waals surface area contributed by atoms with Gasteiger partial charge >= 0.3 is 0 Å². The molecule has 21 heavy (non-hydrogen) atoms. The fourth-order valence-electron chi connectivity index (χ4n) is 1.83. The first-order valence-corrected chi connectivity index (χ1v) is 6.02. The van der Waals surface area contributed by atoms with Crippen molar-refractivity contribution in [1.29, 1.82) is 0 Å². The molecule has 2 rings (SSSR count). The number of carbonyl (C=O) groups is 2. The van der Waals surface area contributed by atoms with Gasteiger partial charge in [-0.1, -0.05) is 11.6 Å². The van der Waals surface area contributed by atoms with Crippen molar-refractivity contribution >= 4 is 23.4 Å². The molecule has 2 amide bonds. The number of hydrogen-bond donors (Lipinski definition) is 2. The molecule has 108 valence electrons. The number of pyridine rings is 1. The molecule has 0 saturated heterocycles. The SMILES string of the molecule is NC(=O)c1cc(Cl)c(C(N)=O)n(-c2ccc(F)cc2)c1=O. The maximum atomic E-state index is 13.0. The predicted molar refractivity (Wildman–Crippen MR) is 74.0 cm³/mol. The molecule has 0 fully saturated rings. The lowest BCUT2D eigenvalue weighted by Gasteiger charge is -2.13. The van der Waals surface area contributed by atoms with Gasteiger partial charge in [0, 0.05) is 5.69 Å². The Morgan fingerprint density at radius 3 is 2.14 bits per heavy atom. The Bertz CT molecular complexity index is 800. The molecule has 1 heterocycles. The summed E-state index contributed by atoms with van der Waals surface area (Å²) in [6.07, 6.45) is 0. The van der Waals surface area contributed by atoms with Gasteiger partial charge in [0.2, 0.25) is 0 Å². The number of nitrogens with two attached hydrogens (primary N) is 2. The van der Waals surface area contributed by atoms with Crippen LogP contribution >= 0.6 is 11.6 Å². The Morgan fingerprint density at radius 1 is 1.10 bits per heavy atom. The Labute approximate surface area is 122 Å². The maximum Gasteiger partial charge on any atom is 0.268 e. The highest BCUT2D eigenvalue weighted by atomic mass is 35.5. The second-order valence-corrected chi connectivity index (χ2v) is 4.51. The van der Waals surface area contributed by atoms with Crippen LogP contribution in [-0.2, 0) is 0 Å². The molecule has 4 N–H and O–H groups in total. The van der Waals surface area contributed by atoms with Crippen LogP contribution in [0.25, 0.3) is 5.69 Å². The zero-order valence-electron chi connectivity index (χ0n) is 10.5. The number of primary amides is 2.